The van der Waals surface area contributed by atoms with Crippen molar-refractivity contribution in [2.75, 3.05) is 5.73 Å². The molecule has 0 aliphatic carbocycles. The fraction of sp³-hybridized carbons (Fsp3) is 0.176. The Bertz CT molecular complexity index is 1130. The van der Waals surface area contributed by atoms with Crippen molar-refractivity contribution in [3.05, 3.63) is 48.3 Å². The van der Waals surface area contributed by atoms with Gasteiger partial charge in [-0.1, -0.05) is 18.6 Å². The average molecular weight is 345 g/mol. The number of anilines is 1. The molecule has 4 aromatic heterocycles. The van der Waals surface area contributed by atoms with Gasteiger partial charge < -0.3 is 5.73 Å². The predicted molar refractivity (Wildman–Crippen MR) is 94.7 cm³/mol. The van der Waals surface area contributed by atoms with Crippen molar-refractivity contribution in [3.8, 4) is 17.6 Å². The molecule has 0 fully saturated rings. The highest BCUT2D eigenvalue weighted by Crippen LogP contribution is 2.21. The highest BCUT2D eigenvalue weighted by Gasteiger charge is 2.12. The Hall–Kier alpha value is -3.80. The van der Waals surface area contributed by atoms with E-state index in [1.807, 2.05) is 6.20 Å². The van der Waals surface area contributed by atoms with Crippen molar-refractivity contribution in [1.82, 2.24) is 34.5 Å². The van der Waals surface area contributed by atoms with Crippen molar-refractivity contribution < 1.29 is 0 Å². The second-order valence-electron chi connectivity index (χ2n) is 5.80. The maximum atomic E-state index is 8.96. The zero-order valence-electron chi connectivity index (χ0n) is 14.0. The van der Waals surface area contributed by atoms with E-state index in [0.717, 1.165) is 18.5 Å². The van der Waals surface area contributed by atoms with Gasteiger partial charge in [0.2, 0.25) is 0 Å². The summed E-state index contributed by atoms with van der Waals surface area (Å²) in [6.45, 7) is 2.09. The Morgan fingerprint density at radius 1 is 1.19 bits per heavy atom. The molecule has 0 aliphatic heterocycles. The van der Waals surface area contributed by atoms with Crippen LogP contribution in [0.1, 0.15) is 24.6 Å². The van der Waals surface area contributed by atoms with Crippen LogP contribution in [0.15, 0.2) is 37.1 Å². The van der Waals surface area contributed by atoms with Gasteiger partial charge in [-0.15, -0.1) is 5.10 Å². The molecule has 0 unspecified atom stereocenters. The minimum absolute atomic E-state index is 0.458. The summed E-state index contributed by atoms with van der Waals surface area (Å²) in [7, 11) is 0. The predicted octanol–water partition coefficient (Wildman–Crippen LogP) is 1.80. The third-order valence-corrected chi connectivity index (χ3v) is 3.96. The van der Waals surface area contributed by atoms with E-state index in [0.29, 0.717) is 33.9 Å². The molecule has 0 bridgehead atoms. The molecule has 4 rings (SSSR count). The SMILES string of the molecule is CCCc1cn(-c2cnc(-n3cnc4cc(C#N)cnc43)cc2N)nn1. The standard InChI is InChI=1S/C17H15N9/c1-2-3-12-9-26(24-23-12)15-8-20-16(5-13(15)19)25-10-22-14-4-11(6-18)7-21-17(14)25/h4-5,7-10H,2-3H2,1H3,(H2,19,20). The van der Waals surface area contributed by atoms with Gasteiger partial charge in [0.25, 0.3) is 0 Å². The zero-order valence-corrected chi connectivity index (χ0v) is 14.0. The van der Waals surface area contributed by atoms with E-state index in [1.54, 1.807) is 33.9 Å². The summed E-state index contributed by atoms with van der Waals surface area (Å²) >= 11 is 0. The Balaban J connectivity index is 1.73. The first-order chi connectivity index (χ1) is 12.7. The summed E-state index contributed by atoms with van der Waals surface area (Å²) in [5, 5.41) is 17.2. The molecule has 0 spiro atoms. The van der Waals surface area contributed by atoms with Crippen LogP contribution in [0.4, 0.5) is 5.69 Å². The van der Waals surface area contributed by atoms with Crippen LogP contribution in [0.5, 0.6) is 0 Å². The summed E-state index contributed by atoms with van der Waals surface area (Å²) in [4.78, 5) is 13.0. The molecular weight excluding hydrogens is 330 g/mol. The van der Waals surface area contributed by atoms with Gasteiger partial charge in [0.05, 0.1) is 29.3 Å². The third-order valence-electron chi connectivity index (χ3n) is 3.96. The summed E-state index contributed by atoms with van der Waals surface area (Å²) in [6, 6.07) is 5.47. The number of aromatic nitrogens is 7. The summed E-state index contributed by atoms with van der Waals surface area (Å²) in [6.07, 6.45) is 8.47. The van der Waals surface area contributed by atoms with Gasteiger partial charge in [-0.05, 0) is 12.5 Å². The first kappa shape index (κ1) is 15.7. The number of aryl methyl sites for hydroxylation is 1. The third kappa shape index (κ3) is 2.63. The topological polar surface area (TPSA) is 124 Å². The van der Waals surface area contributed by atoms with E-state index < -0.39 is 0 Å². The molecule has 4 aromatic rings. The average Bonchev–Trinajstić information content (AvgIpc) is 3.28. The number of imidazole rings is 1. The van der Waals surface area contributed by atoms with Crippen LogP contribution in [0.3, 0.4) is 0 Å². The highest BCUT2D eigenvalue weighted by atomic mass is 15.4. The van der Waals surface area contributed by atoms with Gasteiger partial charge in [-0.25, -0.2) is 19.6 Å². The maximum absolute atomic E-state index is 8.96. The smallest absolute Gasteiger partial charge is 0.165 e. The van der Waals surface area contributed by atoms with Gasteiger partial charge in [0.1, 0.15) is 29.4 Å². The first-order valence-corrected chi connectivity index (χ1v) is 8.10. The molecule has 26 heavy (non-hydrogen) atoms. The van der Waals surface area contributed by atoms with Crippen LogP contribution in [-0.2, 0) is 6.42 Å². The monoisotopic (exact) mass is 345 g/mol. The lowest BCUT2D eigenvalue weighted by molar-refractivity contribution is 0.789. The number of nitrogens with two attached hydrogens (primary N) is 1. The second kappa shape index (κ2) is 6.25. The molecule has 0 atom stereocenters. The molecule has 0 aromatic carbocycles. The van der Waals surface area contributed by atoms with Crippen molar-refractivity contribution in [3.63, 3.8) is 0 Å². The zero-order chi connectivity index (χ0) is 18.1. The molecule has 0 aliphatic rings. The molecule has 0 saturated carbocycles. The first-order valence-electron chi connectivity index (χ1n) is 8.10. The van der Waals surface area contributed by atoms with E-state index in [2.05, 4.69) is 38.3 Å². The van der Waals surface area contributed by atoms with Crippen molar-refractivity contribution in [2.45, 2.75) is 19.8 Å². The summed E-state index contributed by atoms with van der Waals surface area (Å²) in [5.74, 6) is 0.583. The van der Waals surface area contributed by atoms with Crippen molar-refractivity contribution in [1.29, 1.82) is 5.26 Å². The van der Waals surface area contributed by atoms with Gasteiger partial charge >= 0.3 is 0 Å². The summed E-state index contributed by atoms with van der Waals surface area (Å²) in [5.41, 5.74) is 9.97. The molecule has 9 heteroatoms. The number of nitrogen functional groups attached to an aromatic ring is 1. The maximum Gasteiger partial charge on any atom is 0.165 e. The number of rotatable bonds is 4. The van der Waals surface area contributed by atoms with Crippen LogP contribution in [0.2, 0.25) is 0 Å². The molecule has 0 amide bonds. The largest absolute Gasteiger partial charge is 0.397 e. The van der Waals surface area contributed by atoms with Crippen LogP contribution in [-0.4, -0.2) is 34.5 Å². The van der Waals surface area contributed by atoms with Crippen molar-refractivity contribution >= 4 is 16.9 Å². The molecular formula is C17H15N9. The fourth-order valence-corrected chi connectivity index (χ4v) is 2.69. The van der Waals surface area contributed by atoms with Gasteiger partial charge in [-0.3, -0.25) is 4.57 Å². The quantitative estimate of drug-likeness (QED) is 0.598. The number of fused-ring (bicyclic) bond motifs is 1. The van der Waals surface area contributed by atoms with Crippen LogP contribution in [0.25, 0.3) is 22.7 Å². The molecule has 0 saturated heterocycles. The molecule has 4 heterocycles. The number of nitriles is 1. The number of pyridine rings is 2. The normalized spacial score (nSPS) is 10.9. The van der Waals surface area contributed by atoms with E-state index in [-0.39, 0.29) is 0 Å². The van der Waals surface area contributed by atoms with Gasteiger partial charge in [0, 0.05) is 12.3 Å². The van der Waals surface area contributed by atoms with Crippen LogP contribution < -0.4 is 5.73 Å². The fourth-order valence-electron chi connectivity index (χ4n) is 2.69. The van der Waals surface area contributed by atoms with E-state index >= 15 is 0 Å². The minimum Gasteiger partial charge on any atom is -0.397 e. The minimum atomic E-state index is 0.458. The molecule has 2 N–H and O–H groups in total. The van der Waals surface area contributed by atoms with Crippen LogP contribution >= 0.6 is 0 Å². The number of hydrogen-bond donors (Lipinski definition) is 1. The lowest BCUT2D eigenvalue weighted by atomic mass is 10.3. The second-order valence-corrected chi connectivity index (χ2v) is 5.80. The molecule has 9 nitrogen and oxygen atoms in total. The van der Waals surface area contributed by atoms with Gasteiger partial charge in [-0.2, -0.15) is 5.26 Å². The molecule has 128 valence electrons. The lowest BCUT2D eigenvalue weighted by Gasteiger charge is -2.08. The Morgan fingerprint density at radius 2 is 2.08 bits per heavy atom. The molecule has 0 radical (unpaired) electrons. The van der Waals surface area contributed by atoms with Crippen molar-refractivity contribution in [2.24, 2.45) is 0 Å². The number of hydrogen-bond acceptors (Lipinski definition) is 7. The lowest BCUT2D eigenvalue weighted by Crippen LogP contribution is -2.05. The van der Waals surface area contributed by atoms with Gasteiger partial charge in [0.15, 0.2) is 5.65 Å². The van der Waals surface area contributed by atoms with E-state index in [9.17, 15) is 0 Å². The van der Waals surface area contributed by atoms with E-state index in [1.165, 1.54) is 6.20 Å². The summed E-state index contributed by atoms with van der Waals surface area (Å²) < 4.78 is 3.35. The highest BCUT2D eigenvalue weighted by molar-refractivity contribution is 5.74. The Morgan fingerprint density at radius 3 is 2.85 bits per heavy atom. The van der Waals surface area contributed by atoms with E-state index in [4.69, 9.17) is 11.0 Å². The Kier molecular flexibility index (Phi) is 3.78. The Labute approximate surface area is 148 Å². The van der Waals surface area contributed by atoms with Crippen LogP contribution in [0, 0.1) is 11.3 Å². The number of nitrogens with zero attached hydrogens (tertiary/aromatic N) is 8.